The number of rotatable bonds is 4. The van der Waals surface area contributed by atoms with Crippen LogP contribution in [0.3, 0.4) is 0 Å². The summed E-state index contributed by atoms with van der Waals surface area (Å²) in [5, 5.41) is 0. The minimum Gasteiger partial charge on any atom is -0.289 e. The van der Waals surface area contributed by atoms with E-state index in [9.17, 15) is 4.39 Å². The second-order valence-corrected chi connectivity index (χ2v) is 4.05. The molecule has 0 unspecified atom stereocenters. The van der Waals surface area contributed by atoms with Gasteiger partial charge in [0, 0.05) is 6.21 Å². The Morgan fingerprint density at radius 2 is 2.13 bits per heavy atom. The second-order valence-electron chi connectivity index (χ2n) is 4.05. The fourth-order valence-corrected chi connectivity index (χ4v) is 1.52. The quantitative estimate of drug-likeness (QED) is 0.668. The molecule has 1 aromatic carbocycles. The van der Waals surface area contributed by atoms with Gasteiger partial charge in [0.1, 0.15) is 5.82 Å². The Balaban J connectivity index is 2.71. The number of nitrogens with zero attached hydrogens (tertiary/aromatic N) is 1. The van der Waals surface area contributed by atoms with E-state index in [1.165, 1.54) is 12.1 Å². The second kappa shape index (κ2) is 5.64. The maximum absolute atomic E-state index is 12.9. The van der Waals surface area contributed by atoms with Gasteiger partial charge in [-0.15, -0.1) is 0 Å². The van der Waals surface area contributed by atoms with Crippen molar-refractivity contribution in [2.75, 3.05) is 0 Å². The van der Waals surface area contributed by atoms with Gasteiger partial charge in [0.25, 0.3) is 0 Å². The summed E-state index contributed by atoms with van der Waals surface area (Å²) in [6.45, 7) is 6.42. The third-order valence-electron chi connectivity index (χ3n) is 2.45. The molecule has 1 aromatic rings. The van der Waals surface area contributed by atoms with Crippen molar-refractivity contribution in [3.63, 3.8) is 0 Å². The van der Waals surface area contributed by atoms with Crippen LogP contribution in [0.15, 0.2) is 29.3 Å². The maximum atomic E-state index is 12.9. The Kier molecular flexibility index (Phi) is 4.47. The lowest BCUT2D eigenvalue weighted by atomic mass is 10.0. The molecule has 1 atom stereocenters. The van der Waals surface area contributed by atoms with Gasteiger partial charge in [0.2, 0.25) is 0 Å². The lowest BCUT2D eigenvalue weighted by Gasteiger charge is -2.13. The normalized spacial score (nSPS) is 13.7. The third kappa shape index (κ3) is 3.82. The van der Waals surface area contributed by atoms with Crippen molar-refractivity contribution in [1.29, 1.82) is 0 Å². The van der Waals surface area contributed by atoms with E-state index in [0.29, 0.717) is 12.0 Å². The molecule has 0 fully saturated rings. The van der Waals surface area contributed by atoms with E-state index in [1.54, 1.807) is 12.3 Å². The van der Waals surface area contributed by atoms with Crippen LogP contribution < -0.4 is 0 Å². The van der Waals surface area contributed by atoms with Gasteiger partial charge in [-0.1, -0.05) is 32.9 Å². The van der Waals surface area contributed by atoms with Crippen LogP contribution in [-0.2, 0) is 0 Å². The van der Waals surface area contributed by atoms with E-state index < -0.39 is 0 Å². The lowest BCUT2D eigenvalue weighted by Crippen LogP contribution is -2.11. The highest BCUT2D eigenvalue weighted by molar-refractivity contribution is 5.79. The van der Waals surface area contributed by atoms with Crippen LogP contribution in [0.2, 0.25) is 0 Å². The first-order valence-electron chi connectivity index (χ1n) is 5.42. The van der Waals surface area contributed by atoms with Crippen LogP contribution >= 0.6 is 0 Å². The summed E-state index contributed by atoms with van der Waals surface area (Å²) in [5.41, 5.74) is 0.828. The predicted octanol–water partition coefficient (Wildman–Crippen LogP) is 3.68. The molecule has 0 aliphatic carbocycles. The van der Waals surface area contributed by atoms with Gasteiger partial charge in [0.15, 0.2) is 0 Å². The highest BCUT2D eigenvalue weighted by Crippen LogP contribution is 2.10. The van der Waals surface area contributed by atoms with Gasteiger partial charge in [0.05, 0.1) is 6.04 Å². The Labute approximate surface area is 91.0 Å². The zero-order valence-corrected chi connectivity index (χ0v) is 9.57. The molecule has 0 spiro atoms. The molecule has 0 aliphatic rings. The van der Waals surface area contributed by atoms with Crippen molar-refractivity contribution in [1.82, 2.24) is 0 Å². The van der Waals surface area contributed by atoms with Crippen molar-refractivity contribution in [3.8, 4) is 0 Å². The van der Waals surface area contributed by atoms with Crippen LogP contribution in [0.4, 0.5) is 4.39 Å². The molecule has 15 heavy (non-hydrogen) atoms. The average Bonchev–Trinajstić information content (AvgIpc) is 2.18. The van der Waals surface area contributed by atoms with Crippen LogP contribution in [0, 0.1) is 11.7 Å². The van der Waals surface area contributed by atoms with Crippen molar-refractivity contribution >= 4 is 6.21 Å². The van der Waals surface area contributed by atoms with Gasteiger partial charge >= 0.3 is 0 Å². The molecule has 2 heteroatoms. The zero-order valence-electron chi connectivity index (χ0n) is 9.57. The smallest absolute Gasteiger partial charge is 0.123 e. The molecule has 0 amide bonds. The van der Waals surface area contributed by atoms with E-state index in [-0.39, 0.29) is 5.82 Å². The molecule has 0 saturated carbocycles. The number of aliphatic imine (C=N–C) groups is 1. The topological polar surface area (TPSA) is 12.4 Å². The fraction of sp³-hybridized carbons (Fsp3) is 0.462. The predicted molar refractivity (Wildman–Crippen MR) is 62.9 cm³/mol. The fourth-order valence-electron chi connectivity index (χ4n) is 1.52. The summed E-state index contributed by atoms with van der Waals surface area (Å²) in [7, 11) is 0. The van der Waals surface area contributed by atoms with E-state index >= 15 is 0 Å². The van der Waals surface area contributed by atoms with Gasteiger partial charge in [-0.2, -0.15) is 0 Å². The van der Waals surface area contributed by atoms with E-state index in [0.717, 1.165) is 12.0 Å². The van der Waals surface area contributed by atoms with Crippen molar-refractivity contribution in [2.24, 2.45) is 10.9 Å². The molecule has 0 N–H and O–H groups in total. The van der Waals surface area contributed by atoms with Crippen molar-refractivity contribution in [2.45, 2.75) is 33.2 Å². The molecule has 0 heterocycles. The van der Waals surface area contributed by atoms with Crippen LogP contribution in [0.5, 0.6) is 0 Å². The monoisotopic (exact) mass is 207 g/mol. The van der Waals surface area contributed by atoms with Gasteiger partial charge in [-0.25, -0.2) is 4.39 Å². The van der Waals surface area contributed by atoms with E-state index in [2.05, 4.69) is 25.8 Å². The average molecular weight is 207 g/mol. The zero-order chi connectivity index (χ0) is 11.3. The molecular formula is C13H18FN. The minimum absolute atomic E-state index is 0.212. The molecule has 82 valence electrons. The summed E-state index contributed by atoms with van der Waals surface area (Å²) in [6, 6.07) is 6.83. The minimum atomic E-state index is -0.212. The SMILES string of the molecule is CC[C@H](N=Cc1cccc(F)c1)C(C)C. The molecule has 0 saturated heterocycles. The van der Waals surface area contributed by atoms with Crippen molar-refractivity contribution in [3.05, 3.63) is 35.6 Å². The number of benzene rings is 1. The molecule has 1 rings (SSSR count). The molecule has 0 aromatic heterocycles. The summed E-state index contributed by atoms with van der Waals surface area (Å²) in [5.74, 6) is 0.316. The molecule has 0 bridgehead atoms. The summed E-state index contributed by atoms with van der Waals surface area (Å²) < 4.78 is 12.9. The van der Waals surface area contributed by atoms with Crippen LogP contribution in [-0.4, -0.2) is 12.3 Å². The molecule has 0 aliphatic heterocycles. The van der Waals surface area contributed by atoms with Gasteiger partial charge in [-0.05, 0) is 30.0 Å². The molecule has 1 nitrogen and oxygen atoms in total. The lowest BCUT2D eigenvalue weighted by molar-refractivity contribution is 0.485. The summed E-state index contributed by atoms with van der Waals surface area (Å²) in [4.78, 5) is 4.46. The van der Waals surface area contributed by atoms with E-state index in [4.69, 9.17) is 0 Å². The van der Waals surface area contributed by atoms with Gasteiger partial charge in [-0.3, -0.25) is 4.99 Å². The first-order valence-corrected chi connectivity index (χ1v) is 5.42. The maximum Gasteiger partial charge on any atom is 0.123 e. The number of hydrogen-bond donors (Lipinski definition) is 0. The number of halogens is 1. The van der Waals surface area contributed by atoms with Gasteiger partial charge < -0.3 is 0 Å². The first-order chi connectivity index (χ1) is 7.13. The standard InChI is InChI=1S/C13H18FN/c1-4-13(10(2)3)15-9-11-6-5-7-12(14)8-11/h5-10,13H,4H2,1-3H3/t13-/m0/s1. The molecular weight excluding hydrogens is 189 g/mol. The van der Waals surface area contributed by atoms with Crippen LogP contribution in [0.25, 0.3) is 0 Å². The third-order valence-corrected chi connectivity index (χ3v) is 2.45. The van der Waals surface area contributed by atoms with Crippen molar-refractivity contribution < 1.29 is 4.39 Å². The summed E-state index contributed by atoms with van der Waals surface area (Å²) in [6.07, 6.45) is 2.78. The highest BCUT2D eigenvalue weighted by Gasteiger charge is 2.07. The highest BCUT2D eigenvalue weighted by atomic mass is 19.1. The first kappa shape index (κ1) is 11.9. The Hall–Kier alpha value is -1.18. The number of hydrogen-bond acceptors (Lipinski definition) is 1. The van der Waals surface area contributed by atoms with Crippen LogP contribution in [0.1, 0.15) is 32.8 Å². The molecule has 0 radical (unpaired) electrons. The van der Waals surface area contributed by atoms with E-state index in [1.807, 2.05) is 6.07 Å². The Bertz CT molecular complexity index is 331. The largest absolute Gasteiger partial charge is 0.289 e. The summed E-state index contributed by atoms with van der Waals surface area (Å²) >= 11 is 0. The Morgan fingerprint density at radius 3 is 2.67 bits per heavy atom. The Morgan fingerprint density at radius 1 is 1.40 bits per heavy atom.